The maximum atomic E-state index is 12.3. The number of benzene rings is 1. The van der Waals surface area contributed by atoms with Crippen LogP contribution >= 0.6 is 0 Å². The number of hydrogen-bond donors (Lipinski definition) is 2. The van der Waals surface area contributed by atoms with Crippen molar-refractivity contribution in [2.45, 2.75) is 18.6 Å². The zero-order chi connectivity index (χ0) is 13.9. The molecule has 5 nitrogen and oxygen atoms in total. The van der Waals surface area contributed by atoms with Crippen LogP contribution in [-0.4, -0.2) is 60.8 Å². The Morgan fingerprint density at radius 3 is 2.45 bits per heavy atom. The lowest BCUT2D eigenvalue weighted by atomic mass is 10.1. The van der Waals surface area contributed by atoms with Crippen LogP contribution < -0.4 is 10.2 Å². The molecule has 2 saturated heterocycles. The predicted molar refractivity (Wildman–Crippen MR) is 77.6 cm³/mol. The van der Waals surface area contributed by atoms with Gasteiger partial charge in [-0.15, -0.1) is 0 Å². The van der Waals surface area contributed by atoms with Crippen LogP contribution in [0.5, 0.6) is 0 Å². The number of nitrogens with zero attached hydrogens (tertiary/aromatic N) is 2. The summed E-state index contributed by atoms with van der Waals surface area (Å²) in [6.45, 7) is 3.76. The van der Waals surface area contributed by atoms with E-state index < -0.39 is 0 Å². The molecule has 2 aliphatic rings. The lowest BCUT2D eigenvalue weighted by molar-refractivity contribution is -0.133. The summed E-state index contributed by atoms with van der Waals surface area (Å²) in [5.74, 6) is 0.134. The van der Waals surface area contributed by atoms with Crippen LogP contribution in [0, 0.1) is 0 Å². The second-order valence-corrected chi connectivity index (χ2v) is 5.50. The van der Waals surface area contributed by atoms with Gasteiger partial charge in [-0.2, -0.15) is 0 Å². The minimum Gasteiger partial charge on any atom is -0.392 e. The molecule has 2 heterocycles. The van der Waals surface area contributed by atoms with Gasteiger partial charge >= 0.3 is 0 Å². The number of carbonyl (C=O) groups excluding carboxylic acids is 1. The number of hydrogen-bond acceptors (Lipinski definition) is 4. The van der Waals surface area contributed by atoms with Gasteiger partial charge in [-0.3, -0.25) is 4.79 Å². The Hall–Kier alpha value is -1.59. The molecule has 0 aromatic heterocycles. The van der Waals surface area contributed by atoms with Crippen molar-refractivity contribution in [2.75, 3.05) is 37.6 Å². The summed E-state index contributed by atoms with van der Waals surface area (Å²) >= 11 is 0. The molecule has 0 spiro atoms. The summed E-state index contributed by atoms with van der Waals surface area (Å²) in [5, 5.41) is 12.6. The second kappa shape index (κ2) is 5.81. The maximum absolute atomic E-state index is 12.3. The molecule has 2 atom stereocenters. The molecular weight excluding hydrogens is 254 g/mol. The molecule has 2 unspecified atom stereocenters. The molecule has 5 heteroatoms. The molecular formula is C15H21N3O2. The highest BCUT2D eigenvalue weighted by molar-refractivity contribution is 5.82. The molecule has 2 N–H and O–H groups in total. The van der Waals surface area contributed by atoms with Gasteiger partial charge in [-0.25, -0.2) is 0 Å². The Bertz CT molecular complexity index is 457. The van der Waals surface area contributed by atoms with Crippen molar-refractivity contribution in [1.82, 2.24) is 10.2 Å². The molecule has 1 aromatic rings. The average molecular weight is 275 g/mol. The van der Waals surface area contributed by atoms with Gasteiger partial charge in [0, 0.05) is 38.4 Å². The fraction of sp³-hybridized carbons (Fsp3) is 0.533. The monoisotopic (exact) mass is 275 g/mol. The quantitative estimate of drug-likeness (QED) is 0.801. The number of aliphatic hydroxyl groups is 1. The van der Waals surface area contributed by atoms with E-state index in [0.717, 1.165) is 26.2 Å². The number of aliphatic hydroxyl groups excluding tert-OH is 1. The highest BCUT2D eigenvalue weighted by Crippen LogP contribution is 2.17. The van der Waals surface area contributed by atoms with E-state index in [-0.39, 0.29) is 18.1 Å². The van der Waals surface area contributed by atoms with Crippen molar-refractivity contribution in [2.24, 2.45) is 0 Å². The summed E-state index contributed by atoms with van der Waals surface area (Å²) in [6.07, 6.45) is 0.159. The number of anilines is 1. The van der Waals surface area contributed by atoms with Crippen molar-refractivity contribution in [1.29, 1.82) is 0 Å². The Labute approximate surface area is 119 Å². The fourth-order valence-corrected chi connectivity index (χ4v) is 2.95. The van der Waals surface area contributed by atoms with Gasteiger partial charge in [0.15, 0.2) is 0 Å². The summed E-state index contributed by atoms with van der Waals surface area (Å²) in [6, 6.07) is 10.1. The molecule has 0 aliphatic carbocycles. The highest BCUT2D eigenvalue weighted by Gasteiger charge is 2.32. The summed E-state index contributed by atoms with van der Waals surface area (Å²) in [7, 11) is 0. The maximum Gasteiger partial charge on any atom is 0.239 e. The van der Waals surface area contributed by atoms with E-state index in [4.69, 9.17) is 0 Å². The normalized spacial score (nSPS) is 26.9. The molecule has 20 heavy (non-hydrogen) atoms. The highest BCUT2D eigenvalue weighted by atomic mass is 16.3. The van der Waals surface area contributed by atoms with E-state index in [0.29, 0.717) is 13.0 Å². The SMILES string of the molecule is O=C(C1CC(O)CN1)N1CCN(c2ccccc2)CC1. The third-order valence-corrected chi connectivity index (χ3v) is 4.12. The largest absolute Gasteiger partial charge is 0.392 e. The topological polar surface area (TPSA) is 55.8 Å². The van der Waals surface area contributed by atoms with E-state index in [9.17, 15) is 9.90 Å². The van der Waals surface area contributed by atoms with Crippen LogP contribution in [0.3, 0.4) is 0 Å². The molecule has 1 aromatic carbocycles. The van der Waals surface area contributed by atoms with Crippen LogP contribution in [0.25, 0.3) is 0 Å². The summed E-state index contributed by atoms with van der Waals surface area (Å²) < 4.78 is 0. The van der Waals surface area contributed by atoms with Crippen LogP contribution in [-0.2, 0) is 4.79 Å². The minimum absolute atomic E-state index is 0.134. The number of amides is 1. The molecule has 0 saturated carbocycles. The Morgan fingerprint density at radius 1 is 1.15 bits per heavy atom. The first-order chi connectivity index (χ1) is 9.74. The van der Waals surface area contributed by atoms with Gasteiger partial charge in [0.1, 0.15) is 0 Å². The summed E-state index contributed by atoms with van der Waals surface area (Å²) in [5.41, 5.74) is 1.22. The number of carbonyl (C=O) groups is 1. The van der Waals surface area contributed by atoms with Crippen molar-refractivity contribution in [3.05, 3.63) is 30.3 Å². The van der Waals surface area contributed by atoms with Gasteiger partial charge < -0.3 is 20.2 Å². The van der Waals surface area contributed by atoms with E-state index in [1.165, 1.54) is 5.69 Å². The first-order valence-corrected chi connectivity index (χ1v) is 7.24. The first kappa shape index (κ1) is 13.4. The number of nitrogens with one attached hydrogen (secondary N) is 1. The minimum atomic E-state index is -0.380. The van der Waals surface area contributed by atoms with Gasteiger partial charge in [0.05, 0.1) is 12.1 Å². The molecule has 108 valence electrons. The van der Waals surface area contributed by atoms with Crippen LogP contribution in [0.15, 0.2) is 30.3 Å². The van der Waals surface area contributed by atoms with E-state index in [1.807, 2.05) is 23.1 Å². The van der Waals surface area contributed by atoms with E-state index in [1.54, 1.807) is 0 Å². The van der Waals surface area contributed by atoms with Crippen molar-refractivity contribution in [3.8, 4) is 0 Å². The predicted octanol–water partition coefficient (Wildman–Crippen LogP) is 0.0580. The molecule has 2 aliphatic heterocycles. The third-order valence-electron chi connectivity index (χ3n) is 4.12. The van der Waals surface area contributed by atoms with Crippen LogP contribution in [0.4, 0.5) is 5.69 Å². The Balaban J connectivity index is 1.55. The van der Waals surface area contributed by atoms with Crippen LogP contribution in [0.2, 0.25) is 0 Å². The molecule has 0 bridgehead atoms. The van der Waals surface area contributed by atoms with Gasteiger partial charge in [-0.1, -0.05) is 18.2 Å². The van der Waals surface area contributed by atoms with Crippen LogP contribution in [0.1, 0.15) is 6.42 Å². The molecule has 2 fully saturated rings. The fourth-order valence-electron chi connectivity index (χ4n) is 2.95. The Morgan fingerprint density at radius 2 is 1.85 bits per heavy atom. The summed E-state index contributed by atoms with van der Waals surface area (Å²) in [4.78, 5) is 16.5. The zero-order valence-corrected chi connectivity index (χ0v) is 11.5. The smallest absolute Gasteiger partial charge is 0.239 e. The van der Waals surface area contributed by atoms with Gasteiger partial charge in [-0.05, 0) is 18.6 Å². The lowest BCUT2D eigenvalue weighted by Gasteiger charge is -2.37. The first-order valence-electron chi connectivity index (χ1n) is 7.24. The third kappa shape index (κ3) is 2.78. The average Bonchev–Trinajstić information content (AvgIpc) is 2.94. The lowest BCUT2D eigenvalue weighted by Crippen LogP contribution is -2.53. The number of rotatable bonds is 2. The van der Waals surface area contributed by atoms with E-state index >= 15 is 0 Å². The van der Waals surface area contributed by atoms with Crippen molar-refractivity contribution < 1.29 is 9.90 Å². The van der Waals surface area contributed by atoms with E-state index in [2.05, 4.69) is 22.3 Å². The number of para-hydroxylation sites is 1. The van der Waals surface area contributed by atoms with Gasteiger partial charge in [0.2, 0.25) is 5.91 Å². The molecule has 3 rings (SSSR count). The molecule has 1 amide bonds. The molecule has 0 radical (unpaired) electrons. The number of β-amino-alcohol motifs (C(OH)–C–C–N with tert-alkyl or cyclic N) is 1. The van der Waals surface area contributed by atoms with Gasteiger partial charge in [0.25, 0.3) is 0 Å². The zero-order valence-electron chi connectivity index (χ0n) is 11.5. The standard InChI is InChI=1S/C15H21N3O2/c19-13-10-14(16-11-13)15(20)18-8-6-17(7-9-18)12-4-2-1-3-5-12/h1-5,13-14,16,19H,6-11H2. The second-order valence-electron chi connectivity index (χ2n) is 5.50. The van der Waals surface area contributed by atoms with Crippen molar-refractivity contribution >= 4 is 11.6 Å². The number of piperazine rings is 1. The Kier molecular flexibility index (Phi) is 3.89. The van der Waals surface area contributed by atoms with Crippen molar-refractivity contribution in [3.63, 3.8) is 0 Å².